The lowest BCUT2D eigenvalue weighted by Gasteiger charge is -2.27. The summed E-state index contributed by atoms with van der Waals surface area (Å²) in [6.07, 6.45) is 0.493. The lowest BCUT2D eigenvalue weighted by molar-refractivity contribution is 0.386. The summed E-state index contributed by atoms with van der Waals surface area (Å²) < 4.78 is 50.0. The number of aryl methyl sites for hydroxylation is 1. The van der Waals surface area contributed by atoms with E-state index in [1.807, 2.05) is 12.1 Å². The van der Waals surface area contributed by atoms with Crippen LogP contribution in [-0.4, -0.2) is 39.2 Å². The van der Waals surface area contributed by atoms with Crippen molar-refractivity contribution in [1.82, 2.24) is 24.3 Å². The van der Waals surface area contributed by atoms with Gasteiger partial charge in [0, 0.05) is 37.8 Å². The zero-order chi connectivity index (χ0) is 25.0. The second-order valence-electron chi connectivity index (χ2n) is 9.65. The van der Waals surface area contributed by atoms with Gasteiger partial charge in [0.1, 0.15) is 5.82 Å². The van der Waals surface area contributed by atoms with E-state index in [4.69, 9.17) is 4.42 Å². The summed E-state index contributed by atoms with van der Waals surface area (Å²) in [5.74, 6) is -0.314. The molecule has 0 spiro atoms. The topological polar surface area (TPSA) is 94.1 Å². The molecule has 0 N–H and O–H groups in total. The Bertz CT molecular complexity index is 1500. The number of rotatable bonds is 4. The number of aromatic nitrogens is 4. The predicted molar refractivity (Wildman–Crippen MR) is 128 cm³/mol. The van der Waals surface area contributed by atoms with Crippen LogP contribution in [0.25, 0.3) is 23.0 Å². The number of sulfonamides is 1. The first-order chi connectivity index (χ1) is 16.6. The highest BCUT2D eigenvalue weighted by Gasteiger charge is 2.34. The smallest absolute Gasteiger partial charge is 0.268 e. The SMILES string of the molecule is Cn1nc(-c2nnc(-c3ccccc3F)o2)c2c1CCN(S(=O)(=O)c1ccc(C(C)(C)C)cc1)C2. The summed E-state index contributed by atoms with van der Waals surface area (Å²) in [6.45, 7) is 6.71. The van der Waals surface area contributed by atoms with E-state index in [2.05, 4.69) is 36.1 Å². The molecule has 1 aliphatic heterocycles. The highest BCUT2D eigenvalue weighted by Crippen LogP contribution is 2.33. The molecule has 4 aromatic rings. The van der Waals surface area contributed by atoms with E-state index >= 15 is 0 Å². The molecule has 0 amide bonds. The molecule has 0 aliphatic carbocycles. The zero-order valence-corrected chi connectivity index (χ0v) is 20.8. The first-order valence-corrected chi connectivity index (χ1v) is 12.7. The van der Waals surface area contributed by atoms with Gasteiger partial charge in [-0.05, 0) is 35.2 Å². The molecule has 8 nitrogen and oxygen atoms in total. The molecule has 0 saturated heterocycles. The number of hydrogen-bond donors (Lipinski definition) is 0. The Morgan fingerprint density at radius 2 is 1.69 bits per heavy atom. The quantitative estimate of drug-likeness (QED) is 0.419. The molecule has 35 heavy (non-hydrogen) atoms. The van der Waals surface area contributed by atoms with Crippen LogP contribution >= 0.6 is 0 Å². The van der Waals surface area contributed by atoms with Crippen LogP contribution in [0.5, 0.6) is 0 Å². The van der Waals surface area contributed by atoms with Crippen LogP contribution in [0.2, 0.25) is 0 Å². The van der Waals surface area contributed by atoms with Crippen molar-refractivity contribution in [2.24, 2.45) is 7.05 Å². The minimum atomic E-state index is -3.72. The van der Waals surface area contributed by atoms with Gasteiger partial charge in [0.2, 0.25) is 10.0 Å². The van der Waals surface area contributed by atoms with Crippen molar-refractivity contribution in [3.63, 3.8) is 0 Å². The fourth-order valence-corrected chi connectivity index (χ4v) is 5.69. The zero-order valence-electron chi connectivity index (χ0n) is 20.0. The minimum Gasteiger partial charge on any atom is -0.414 e. The molecule has 0 atom stereocenters. The molecule has 0 radical (unpaired) electrons. The molecule has 0 unspecified atom stereocenters. The van der Waals surface area contributed by atoms with Gasteiger partial charge in [0.15, 0.2) is 5.69 Å². The maximum atomic E-state index is 14.2. The third kappa shape index (κ3) is 4.17. The molecule has 182 valence electrons. The van der Waals surface area contributed by atoms with Crippen LogP contribution in [0.1, 0.15) is 37.6 Å². The molecule has 0 fully saturated rings. The Morgan fingerprint density at radius 3 is 2.37 bits per heavy atom. The van der Waals surface area contributed by atoms with Gasteiger partial charge >= 0.3 is 0 Å². The maximum Gasteiger partial charge on any atom is 0.268 e. The normalized spacial score (nSPS) is 14.8. The van der Waals surface area contributed by atoms with Gasteiger partial charge in [-0.25, -0.2) is 12.8 Å². The largest absolute Gasteiger partial charge is 0.414 e. The summed E-state index contributed by atoms with van der Waals surface area (Å²) in [6, 6.07) is 13.2. The van der Waals surface area contributed by atoms with E-state index in [9.17, 15) is 12.8 Å². The molecular weight excluding hydrogens is 469 g/mol. The van der Waals surface area contributed by atoms with E-state index in [-0.39, 0.29) is 34.2 Å². The summed E-state index contributed by atoms with van der Waals surface area (Å²) in [5.41, 5.74) is 3.20. The molecule has 2 aromatic heterocycles. The summed E-state index contributed by atoms with van der Waals surface area (Å²) in [5, 5.41) is 12.6. The Labute approximate surface area is 203 Å². The Balaban J connectivity index is 1.47. The number of benzene rings is 2. The van der Waals surface area contributed by atoms with Crippen molar-refractivity contribution in [3.8, 4) is 23.0 Å². The summed E-state index contributed by atoms with van der Waals surface area (Å²) >= 11 is 0. The van der Waals surface area contributed by atoms with Crippen LogP contribution in [-0.2, 0) is 35.5 Å². The molecular formula is C25H26FN5O3S. The number of fused-ring (bicyclic) bond motifs is 1. The van der Waals surface area contributed by atoms with Crippen molar-refractivity contribution in [1.29, 1.82) is 0 Å². The second kappa shape index (κ2) is 8.39. The number of halogens is 1. The fourth-order valence-electron chi connectivity index (χ4n) is 4.28. The Kier molecular flexibility index (Phi) is 5.60. The Morgan fingerprint density at radius 1 is 1.00 bits per heavy atom. The molecule has 3 heterocycles. The molecule has 0 saturated carbocycles. The first kappa shape index (κ1) is 23.4. The van der Waals surface area contributed by atoms with Gasteiger partial charge < -0.3 is 4.42 Å². The van der Waals surface area contributed by atoms with Crippen molar-refractivity contribution in [3.05, 3.63) is 71.2 Å². The number of nitrogens with zero attached hydrogens (tertiary/aromatic N) is 5. The monoisotopic (exact) mass is 495 g/mol. The van der Waals surface area contributed by atoms with Crippen LogP contribution in [0, 0.1) is 5.82 Å². The van der Waals surface area contributed by atoms with Crippen molar-refractivity contribution in [2.75, 3.05) is 6.54 Å². The van der Waals surface area contributed by atoms with Crippen LogP contribution in [0.3, 0.4) is 0 Å². The number of hydrogen-bond acceptors (Lipinski definition) is 6. The fraction of sp³-hybridized carbons (Fsp3) is 0.320. The standard InChI is InChI=1S/C25H26FN5O3S/c1-25(2,3)16-9-11-17(12-10-16)35(32,33)31-14-13-21-19(15-31)22(29-30(21)4)24-28-27-23(34-24)18-7-5-6-8-20(18)26/h5-12H,13-15H2,1-4H3. The van der Waals surface area contributed by atoms with Crippen LogP contribution < -0.4 is 0 Å². The van der Waals surface area contributed by atoms with Gasteiger partial charge in [-0.3, -0.25) is 4.68 Å². The second-order valence-corrected chi connectivity index (χ2v) is 11.6. The predicted octanol–water partition coefficient (Wildman–Crippen LogP) is 4.32. The first-order valence-electron chi connectivity index (χ1n) is 11.3. The van der Waals surface area contributed by atoms with Crippen LogP contribution in [0.4, 0.5) is 4.39 Å². The van der Waals surface area contributed by atoms with E-state index in [0.29, 0.717) is 24.2 Å². The average Bonchev–Trinajstić information content (AvgIpc) is 3.43. The van der Waals surface area contributed by atoms with Crippen molar-refractivity contribution >= 4 is 10.0 Å². The van der Waals surface area contributed by atoms with Gasteiger partial charge in [-0.1, -0.05) is 45.0 Å². The van der Waals surface area contributed by atoms with Crippen LogP contribution in [0.15, 0.2) is 57.8 Å². The molecule has 1 aliphatic rings. The molecule has 2 aromatic carbocycles. The highest BCUT2D eigenvalue weighted by atomic mass is 32.2. The lowest BCUT2D eigenvalue weighted by Crippen LogP contribution is -2.36. The van der Waals surface area contributed by atoms with Gasteiger partial charge in [0.25, 0.3) is 11.8 Å². The summed E-state index contributed by atoms with van der Waals surface area (Å²) in [4.78, 5) is 0.249. The third-order valence-electron chi connectivity index (χ3n) is 6.30. The lowest BCUT2D eigenvalue weighted by atomic mass is 9.87. The average molecular weight is 496 g/mol. The van der Waals surface area contributed by atoms with E-state index in [1.54, 1.807) is 42.1 Å². The minimum absolute atomic E-state index is 0.0386. The molecule has 5 rings (SSSR count). The van der Waals surface area contributed by atoms with E-state index in [0.717, 1.165) is 11.3 Å². The summed E-state index contributed by atoms with van der Waals surface area (Å²) in [7, 11) is -1.92. The highest BCUT2D eigenvalue weighted by molar-refractivity contribution is 7.89. The van der Waals surface area contributed by atoms with Gasteiger partial charge in [0.05, 0.1) is 10.5 Å². The maximum absolute atomic E-state index is 14.2. The third-order valence-corrected chi connectivity index (χ3v) is 8.16. The Hall–Kier alpha value is -3.37. The molecule has 10 heteroatoms. The molecule has 0 bridgehead atoms. The van der Waals surface area contributed by atoms with Gasteiger partial charge in [-0.15, -0.1) is 10.2 Å². The van der Waals surface area contributed by atoms with Crippen molar-refractivity contribution < 1.29 is 17.2 Å². The van der Waals surface area contributed by atoms with Gasteiger partial charge in [-0.2, -0.15) is 9.40 Å². The van der Waals surface area contributed by atoms with E-state index in [1.165, 1.54) is 10.4 Å². The van der Waals surface area contributed by atoms with E-state index < -0.39 is 15.8 Å². The van der Waals surface area contributed by atoms with Crippen molar-refractivity contribution in [2.45, 2.75) is 44.0 Å².